The zero-order chi connectivity index (χ0) is 15.1. The van der Waals surface area contributed by atoms with E-state index < -0.39 is 0 Å². The first-order chi connectivity index (χ1) is 10.2. The van der Waals surface area contributed by atoms with Crippen LogP contribution in [-0.2, 0) is 11.2 Å². The predicted molar refractivity (Wildman–Crippen MR) is 87.3 cm³/mol. The van der Waals surface area contributed by atoms with Crippen molar-refractivity contribution in [2.45, 2.75) is 19.4 Å². The van der Waals surface area contributed by atoms with Crippen molar-refractivity contribution in [2.75, 3.05) is 18.9 Å². The average Bonchev–Trinajstić information content (AvgIpc) is 2.53. The van der Waals surface area contributed by atoms with Gasteiger partial charge in [-0.15, -0.1) is 0 Å². The number of benzene rings is 2. The highest BCUT2D eigenvalue weighted by molar-refractivity contribution is 5.94. The molecular formula is C18H22N2O. The van der Waals surface area contributed by atoms with Crippen LogP contribution in [0.2, 0.25) is 0 Å². The molecule has 2 rings (SSSR count). The lowest BCUT2D eigenvalue weighted by Crippen LogP contribution is -2.40. The molecule has 3 heteroatoms. The van der Waals surface area contributed by atoms with Crippen LogP contribution in [0.5, 0.6) is 0 Å². The van der Waals surface area contributed by atoms with E-state index in [9.17, 15) is 4.79 Å². The van der Waals surface area contributed by atoms with Gasteiger partial charge in [-0.25, -0.2) is 0 Å². The summed E-state index contributed by atoms with van der Waals surface area (Å²) in [4.78, 5) is 14.3. The third-order valence-electron chi connectivity index (χ3n) is 3.68. The van der Waals surface area contributed by atoms with Gasteiger partial charge in [-0.05, 0) is 38.1 Å². The molecule has 1 atom stereocenters. The Bertz CT molecular complexity index is 554. The largest absolute Gasteiger partial charge is 0.325 e. The second-order valence-electron chi connectivity index (χ2n) is 5.25. The maximum atomic E-state index is 12.2. The van der Waals surface area contributed by atoms with Crippen molar-refractivity contribution < 1.29 is 4.79 Å². The van der Waals surface area contributed by atoms with Gasteiger partial charge in [0, 0.05) is 12.2 Å². The van der Waals surface area contributed by atoms with Gasteiger partial charge in [0.25, 0.3) is 0 Å². The van der Waals surface area contributed by atoms with Crippen molar-refractivity contribution in [3.63, 3.8) is 0 Å². The van der Waals surface area contributed by atoms with Gasteiger partial charge < -0.3 is 5.32 Å². The summed E-state index contributed by atoms with van der Waals surface area (Å²) < 4.78 is 0. The summed E-state index contributed by atoms with van der Waals surface area (Å²) in [7, 11) is 1.98. The second kappa shape index (κ2) is 7.60. The third-order valence-corrected chi connectivity index (χ3v) is 3.68. The Morgan fingerprint density at radius 1 is 1.05 bits per heavy atom. The van der Waals surface area contributed by atoms with Crippen LogP contribution in [0.1, 0.15) is 12.5 Å². The van der Waals surface area contributed by atoms with Crippen LogP contribution in [0, 0.1) is 0 Å². The minimum Gasteiger partial charge on any atom is -0.325 e. The van der Waals surface area contributed by atoms with Crippen molar-refractivity contribution in [1.29, 1.82) is 0 Å². The second-order valence-corrected chi connectivity index (χ2v) is 5.25. The Hall–Kier alpha value is -2.13. The Morgan fingerprint density at radius 3 is 2.24 bits per heavy atom. The van der Waals surface area contributed by atoms with Crippen LogP contribution in [0.25, 0.3) is 0 Å². The zero-order valence-electron chi connectivity index (χ0n) is 12.6. The van der Waals surface area contributed by atoms with Gasteiger partial charge in [-0.1, -0.05) is 48.5 Å². The molecule has 0 spiro atoms. The Labute approximate surface area is 126 Å². The summed E-state index contributed by atoms with van der Waals surface area (Å²) in [6.45, 7) is 2.79. The number of carbonyl (C=O) groups excluding carboxylic acids is 1. The van der Waals surface area contributed by atoms with Crippen molar-refractivity contribution in [3.8, 4) is 0 Å². The van der Waals surface area contributed by atoms with E-state index in [-0.39, 0.29) is 11.9 Å². The highest BCUT2D eigenvalue weighted by atomic mass is 16.2. The van der Waals surface area contributed by atoms with Gasteiger partial charge in [0.1, 0.15) is 0 Å². The summed E-state index contributed by atoms with van der Waals surface area (Å²) >= 11 is 0. The molecule has 0 aromatic heterocycles. The molecule has 0 heterocycles. The molecule has 0 bridgehead atoms. The number of hydrogen-bond acceptors (Lipinski definition) is 2. The third kappa shape index (κ3) is 4.72. The number of likely N-dealkylation sites (N-methyl/N-ethyl adjacent to an activating group) is 1. The standard InChI is InChI=1S/C18H22N2O/c1-15(18(21)19-17-11-7-4-8-12-17)20(2)14-13-16-9-5-3-6-10-16/h3-12,15H,13-14H2,1-2H3,(H,19,21). The van der Waals surface area contributed by atoms with Crippen LogP contribution < -0.4 is 5.32 Å². The zero-order valence-corrected chi connectivity index (χ0v) is 12.6. The minimum absolute atomic E-state index is 0.0248. The van der Waals surface area contributed by atoms with Gasteiger partial charge in [-0.3, -0.25) is 9.69 Å². The lowest BCUT2D eigenvalue weighted by atomic mass is 10.1. The first-order valence-electron chi connectivity index (χ1n) is 7.27. The Kier molecular flexibility index (Phi) is 5.52. The predicted octanol–water partition coefficient (Wildman–Crippen LogP) is 3.19. The molecule has 2 aromatic rings. The summed E-state index contributed by atoms with van der Waals surface area (Å²) in [5.74, 6) is 0.0248. The van der Waals surface area contributed by atoms with E-state index in [1.54, 1.807) is 0 Å². The Balaban J connectivity index is 1.84. The summed E-state index contributed by atoms with van der Waals surface area (Å²) in [6.07, 6.45) is 0.945. The lowest BCUT2D eigenvalue weighted by Gasteiger charge is -2.23. The average molecular weight is 282 g/mol. The Morgan fingerprint density at radius 2 is 1.62 bits per heavy atom. The van der Waals surface area contributed by atoms with Crippen LogP contribution in [0.15, 0.2) is 60.7 Å². The summed E-state index contributed by atoms with van der Waals surface area (Å²) in [5, 5.41) is 2.94. The smallest absolute Gasteiger partial charge is 0.241 e. The quantitative estimate of drug-likeness (QED) is 0.882. The number of nitrogens with zero attached hydrogens (tertiary/aromatic N) is 1. The molecule has 0 fully saturated rings. The fraction of sp³-hybridized carbons (Fsp3) is 0.278. The molecule has 21 heavy (non-hydrogen) atoms. The monoisotopic (exact) mass is 282 g/mol. The normalized spacial score (nSPS) is 12.1. The van der Waals surface area contributed by atoms with Crippen molar-refractivity contribution in [2.24, 2.45) is 0 Å². The van der Waals surface area contributed by atoms with Crippen LogP contribution in [0.3, 0.4) is 0 Å². The number of para-hydroxylation sites is 1. The first kappa shape index (κ1) is 15.3. The molecule has 0 aliphatic heterocycles. The van der Waals surface area contributed by atoms with E-state index in [0.29, 0.717) is 0 Å². The molecule has 1 amide bonds. The fourth-order valence-corrected chi connectivity index (χ4v) is 2.11. The maximum Gasteiger partial charge on any atom is 0.241 e. The minimum atomic E-state index is -0.158. The highest BCUT2D eigenvalue weighted by Gasteiger charge is 2.17. The maximum absolute atomic E-state index is 12.2. The van der Waals surface area contributed by atoms with Crippen molar-refractivity contribution >= 4 is 11.6 Å². The summed E-state index contributed by atoms with van der Waals surface area (Å²) in [5.41, 5.74) is 2.13. The molecule has 2 aromatic carbocycles. The highest BCUT2D eigenvalue weighted by Crippen LogP contribution is 2.08. The van der Waals surface area contributed by atoms with Crippen molar-refractivity contribution in [1.82, 2.24) is 4.90 Å². The SMILES string of the molecule is CC(C(=O)Nc1ccccc1)N(C)CCc1ccccc1. The molecule has 0 saturated carbocycles. The van der Waals surface area contributed by atoms with Crippen LogP contribution >= 0.6 is 0 Å². The van der Waals surface area contributed by atoms with E-state index >= 15 is 0 Å². The van der Waals surface area contributed by atoms with E-state index in [2.05, 4.69) is 22.3 Å². The van der Waals surface area contributed by atoms with Gasteiger partial charge in [0.05, 0.1) is 6.04 Å². The number of rotatable bonds is 6. The number of carbonyl (C=O) groups is 1. The van der Waals surface area contributed by atoms with Crippen LogP contribution in [0.4, 0.5) is 5.69 Å². The van der Waals surface area contributed by atoms with E-state index in [4.69, 9.17) is 0 Å². The molecule has 1 unspecified atom stereocenters. The molecule has 110 valence electrons. The van der Waals surface area contributed by atoms with Crippen molar-refractivity contribution in [3.05, 3.63) is 66.2 Å². The van der Waals surface area contributed by atoms with E-state index in [1.165, 1.54) is 5.56 Å². The number of anilines is 1. The van der Waals surface area contributed by atoms with Gasteiger partial charge >= 0.3 is 0 Å². The summed E-state index contributed by atoms with van der Waals surface area (Å²) in [6, 6.07) is 19.7. The van der Waals surface area contributed by atoms with E-state index in [1.807, 2.05) is 62.5 Å². The number of hydrogen-bond donors (Lipinski definition) is 1. The topological polar surface area (TPSA) is 32.3 Å². The molecular weight excluding hydrogens is 260 g/mol. The lowest BCUT2D eigenvalue weighted by molar-refractivity contribution is -0.120. The van der Waals surface area contributed by atoms with Crippen LogP contribution in [-0.4, -0.2) is 30.4 Å². The number of nitrogens with one attached hydrogen (secondary N) is 1. The molecule has 0 saturated heterocycles. The fourth-order valence-electron chi connectivity index (χ4n) is 2.11. The molecule has 1 N–H and O–H groups in total. The van der Waals surface area contributed by atoms with E-state index in [0.717, 1.165) is 18.7 Å². The molecule has 0 aliphatic carbocycles. The molecule has 0 aliphatic rings. The molecule has 3 nitrogen and oxygen atoms in total. The van der Waals surface area contributed by atoms with Gasteiger partial charge in [-0.2, -0.15) is 0 Å². The first-order valence-corrected chi connectivity index (χ1v) is 7.27. The molecule has 0 radical (unpaired) electrons. The van der Waals surface area contributed by atoms with Gasteiger partial charge in [0.15, 0.2) is 0 Å². The van der Waals surface area contributed by atoms with Gasteiger partial charge in [0.2, 0.25) is 5.91 Å². The number of amides is 1.